The maximum absolute atomic E-state index is 6.25. The Balaban J connectivity index is 1.97. The molecule has 2 aliphatic rings. The second kappa shape index (κ2) is 2.73. The number of nitrogens with two attached hydrogens (primary N) is 1. The maximum Gasteiger partial charge on any atom is 0.0184 e. The summed E-state index contributed by atoms with van der Waals surface area (Å²) in [5.74, 6) is 2.68. The summed E-state index contributed by atoms with van der Waals surface area (Å²) in [5, 5.41) is 0. The van der Waals surface area contributed by atoms with Gasteiger partial charge in [-0.2, -0.15) is 0 Å². The Morgan fingerprint density at radius 3 is 1.92 bits per heavy atom. The monoisotopic (exact) mass is 167 g/mol. The predicted molar refractivity (Wildman–Crippen MR) is 51.8 cm³/mol. The largest absolute Gasteiger partial charge is 0.325 e. The molecule has 2 fully saturated rings. The zero-order valence-corrected chi connectivity index (χ0v) is 8.34. The molecule has 1 nitrogen and oxygen atoms in total. The van der Waals surface area contributed by atoms with Crippen LogP contribution in [0.4, 0.5) is 0 Å². The van der Waals surface area contributed by atoms with E-state index in [0.717, 1.165) is 17.8 Å². The van der Waals surface area contributed by atoms with Gasteiger partial charge in [0, 0.05) is 5.54 Å². The molecule has 2 rings (SSSR count). The SMILES string of the molecule is CC1CC(C)CC(C2(N)CC2)C1. The highest BCUT2D eigenvalue weighted by molar-refractivity contribution is 5.05. The molecule has 2 saturated carbocycles. The van der Waals surface area contributed by atoms with Gasteiger partial charge < -0.3 is 5.73 Å². The molecule has 0 amide bonds. The first-order valence-corrected chi connectivity index (χ1v) is 5.39. The molecule has 2 atom stereocenters. The zero-order chi connectivity index (χ0) is 8.77. The quantitative estimate of drug-likeness (QED) is 0.638. The molecule has 2 aliphatic carbocycles. The van der Waals surface area contributed by atoms with E-state index in [1.165, 1.54) is 32.1 Å². The van der Waals surface area contributed by atoms with Gasteiger partial charge in [-0.1, -0.05) is 13.8 Å². The Hall–Kier alpha value is -0.0400. The van der Waals surface area contributed by atoms with Crippen LogP contribution in [0.3, 0.4) is 0 Å². The summed E-state index contributed by atoms with van der Waals surface area (Å²) >= 11 is 0. The van der Waals surface area contributed by atoms with Crippen LogP contribution in [0, 0.1) is 17.8 Å². The van der Waals surface area contributed by atoms with Crippen molar-refractivity contribution in [3.8, 4) is 0 Å². The molecular formula is C11H21N. The van der Waals surface area contributed by atoms with Gasteiger partial charge in [0.05, 0.1) is 0 Å². The van der Waals surface area contributed by atoms with Crippen molar-refractivity contribution < 1.29 is 0 Å². The lowest BCUT2D eigenvalue weighted by Crippen LogP contribution is -2.37. The van der Waals surface area contributed by atoms with Gasteiger partial charge in [-0.25, -0.2) is 0 Å². The van der Waals surface area contributed by atoms with E-state index in [9.17, 15) is 0 Å². The van der Waals surface area contributed by atoms with Gasteiger partial charge in [0.25, 0.3) is 0 Å². The third kappa shape index (κ3) is 1.52. The van der Waals surface area contributed by atoms with Crippen molar-refractivity contribution in [2.24, 2.45) is 23.5 Å². The molecule has 0 spiro atoms. The van der Waals surface area contributed by atoms with Crippen molar-refractivity contribution in [3.63, 3.8) is 0 Å². The fourth-order valence-corrected chi connectivity index (χ4v) is 2.97. The van der Waals surface area contributed by atoms with E-state index in [0.29, 0.717) is 0 Å². The fraction of sp³-hybridized carbons (Fsp3) is 1.00. The van der Waals surface area contributed by atoms with Crippen LogP contribution in [-0.4, -0.2) is 5.54 Å². The van der Waals surface area contributed by atoms with Crippen molar-refractivity contribution in [2.75, 3.05) is 0 Å². The average molecular weight is 167 g/mol. The molecular weight excluding hydrogens is 146 g/mol. The van der Waals surface area contributed by atoms with E-state index < -0.39 is 0 Å². The third-order valence-electron chi connectivity index (χ3n) is 3.82. The summed E-state index contributed by atoms with van der Waals surface area (Å²) in [6.45, 7) is 4.77. The van der Waals surface area contributed by atoms with E-state index in [-0.39, 0.29) is 5.54 Å². The van der Waals surface area contributed by atoms with E-state index >= 15 is 0 Å². The standard InChI is InChI=1S/C11H21N/c1-8-5-9(2)7-10(6-8)11(12)3-4-11/h8-10H,3-7,12H2,1-2H3. The fourth-order valence-electron chi connectivity index (χ4n) is 2.97. The molecule has 2 N–H and O–H groups in total. The van der Waals surface area contributed by atoms with E-state index in [4.69, 9.17) is 5.73 Å². The lowest BCUT2D eigenvalue weighted by atomic mass is 9.73. The Bertz CT molecular complexity index is 162. The van der Waals surface area contributed by atoms with Crippen molar-refractivity contribution in [3.05, 3.63) is 0 Å². The van der Waals surface area contributed by atoms with Crippen LogP contribution < -0.4 is 5.73 Å². The van der Waals surface area contributed by atoms with Gasteiger partial charge in [-0.05, 0) is 49.9 Å². The van der Waals surface area contributed by atoms with Crippen LogP contribution in [0.25, 0.3) is 0 Å². The number of rotatable bonds is 1. The summed E-state index contributed by atoms with van der Waals surface area (Å²) in [6, 6.07) is 0. The van der Waals surface area contributed by atoms with Crippen LogP contribution in [0.5, 0.6) is 0 Å². The zero-order valence-electron chi connectivity index (χ0n) is 8.34. The molecule has 0 aromatic carbocycles. The molecule has 0 aromatic rings. The van der Waals surface area contributed by atoms with Crippen molar-refractivity contribution in [1.29, 1.82) is 0 Å². The number of hydrogen-bond acceptors (Lipinski definition) is 1. The van der Waals surface area contributed by atoms with Gasteiger partial charge in [0.15, 0.2) is 0 Å². The smallest absolute Gasteiger partial charge is 0.0184 e. The summed E-state index contributed by atoms with van der Waals surface area (Å²) < 4.78 is 0. The van der Waals surface area contributed by atoms with Crippen LogP contribution in [0.2, 0.25) is 0 Å². The van der Waals surface area contributed by atoms with Crippen molar-refractivity contribution >= 4 is 0 Å². The van der Waals surface area contributed by atoms with E-state index in [1.54, 1.807) is 0 Å². The summed E-state index contributed by atoms with van der Waals surface area (Å²) in [5.41, 5.74) is 6.53. The minimum Gasteiger partial charge on any atom is -0.325 e. The molecule has 2 unspecified atom stereocenters. The first-order valence-electron chi connectivity index (χ1n) is 5.39. The highest BCUT2D eigenvalue weighted by Gasteiger charge is 2.47. The topological polar surface area (TPSA) is 26.0 Å². The molecule has 12 heavy (non-hydrogen) atoms. The maximum atomic E-state index is 6.25. The first kappa shape index (κ1) is 8.55. The molecule has 0 aromatic heterocycles. The highest BCUT2D eigenvalue weighted by Crippen LogP contribution is 2.48. The first-order chi connectivity index (χ1) is 5.60. The lowest BCUT2D eigenvalue weighted by molar-refractivity contribution is 0.184. The second-order valence-electron chi connectivity index (χ2n) is 5.35. The minimum absolute atomic E-state index is 0.281. The van der Waals surface area contributed by atoms with Crippen LogP contribution in [0.1, 0.15) is 46.0 Å². The minimum atomic E-state index is 0.281. The van der Waals surface area contributed by atoms with Crippen LogP contribution in [0.15, 0.2) is 0 Å². The molecule has 70 valence electrons. The average Bonchev–Trinajstić information content (AvgIpc) is 2.67. The van der Waals surface area contributed by atoms with Crippen LogP contribution in [-0.2, 0) is 0 Å². The molecule has 0 bridgehead atoms. The summed E-state index contributed by atoms with van der Waals surface area (Å²) in [7, 11) is 0. The summed E-state index contributed by atoms with van der Waals surface area (Å²) in [4.78, 5) is 0. The Kier molecular flexibility index (Phi) is 1.95. The molecule has 0 heterocycles. The molecule has 1 heteroatoms. The van der Waals surface area contributed by atoms with Gasteiger partial charge in [-0.15, -0.1) is 0 Å². The lowest BCUT2D eigenvalue weighted by Gasteiger charge is -2.35. The van der Waals surface area contributed by atoms with E-state index in [2.05, 4.69) is 13.8 Å². The highest BCUT2D eigenvalue weighted by atomic mass is 14.8. The normalized spacial score (nSPS) is 45.8. The molecule has 0 radical (unpaired) electrons. The second-order valence-corrected chi connectivity index (χ2v) is 5.35. The van der Waals surface area contributed by atoms with Crippen LogP contribution >= 0.6 is 0 Å². The Morgan fingerprint density at radius 1 is 1.00 bits per heavy atom. The van der Waals surface area contributed by atoms with Crippen molar-refractivity contribution in [1.82, 2.24) is 0 Å². The molecule has 0 aliphatic heterocycles. The number of hydrogen-bond donors (Lipinski definition) is 1. The van der Waals surface area contributed by atoms with Gasteiger partial charge in [0.2, 0.25) is 0 Å². The van der Waals surface area contributed by atoms with Gasteiger partial charge in [0.1, 0.15) is 0 Å². The molecule has 0 saturated heterocycles. The van der Waals surface area contributed by atoms with Crippen molar-refractivity contribution in [2.45, 2.75) is 51.5 Å². The Morgan fingerprint density at radius 2 is 1.50 bits per heavy atom. The summed E-state index contributed by atoms with van der Waals surface area (Å²) in [6.07, 6.45) is 6.78. The Labute approximate surface area is 75.7 Å². The predicted octanol–water partition coefficient (Wildman–Crippen LogP) is 2.55. The third-order valence-corrected chi connectivity index (χ3v) is 3.82. The van der Waals surface area contributed by atoms with E-state index in [1.807, 2.05) is 0 Å². The van der Waals surface area contributed by atoms with Gasteiger partial charge >= 0.3 is 0 Å². The van der Waals surface area contributed by atoms with Gasteiger partial charge in [-0.3, -0.25) is 0 Å².